The molecule has 1 heterocycles. The number of aldehydes is 1. The normalized spacial score (nSPS) is 16.1. The highest BCUT2D eigenvalue weighted by Crippen LogP contribution is 2.37. The van der Waals surface area contributed by atoms with Gasteiger partial charge in [-0.3, -0.25) is 14.5 Å². The molecule has 24 heavy (non-hydrogen) atoms. The van der Waals surface area contributed by atoms with Crippen LogP contribution < -0.4 is 4.90 Å². The van der Waals surface area contributed by atoms with E-state index >= 15 is 0 Å². The summed E-state index contributed by atoms with van der Waals surface area (Å²) in [5.41, 5.74) is 1.75. The van der Waals surface area contributed by atoms with Crippen LogP contribution >= 0.6 is 35.6 Å². The van der Waals surface area contributed by atoms with Crippen molar-refractivity contribution in [3.05, 3.63) is 69.3 Å². The molecule has 0 saturated carbocycles. The van der Waals surface area contributed by atoms with Crippen LogP contribution in [0.1, 0.15) is 15.9 Å². The van der Waals surface area contributed by atoms with Crippen molar-refractivity contribution < 1.29 is 14.0 Å². The van der Waals surface area contributed by atoms with Crippen molar-refractivity contribution in [1.29, 1.82) is 0 Å². The van der Waals surface area contributed by atoms with E-state index in [4.69, 9.17) is 23.8 Å². The summed E-state index contributed by atoms with van der Waals surface area (Å²) in [6.45, 7) is 0. The maximum absolute atomic E-state index is 13.3. The highest BCUT2D eigenvalue weighted by molar-refractivity contribution is 8.27. The Bertz CT molecular complexity index is 881. The van der Waals surface area contributed by atoms with Gasteiger partial charge in [-0.1, -0.05) is 59.8 Å². The molecular formula is C17H9ClFNO2S2. The monoisotopic (exact) mass is 377 g/mol. The minimum absolute atomic E-state index is 0.0741. The SMILES string of the molecule is O=Cc1ccc(/C=C2\SC(=S)N(c3ccc(F)c(Cl)c3)C2=O)cc1. The number of benzene rings is 2. The van der Waals surface area contributed by atoms with Crippen LogP contribution in [0.2, 0.25) is 5.02 Å². The standard InChI is InChI=1S/C17H9ClFNO2S2/c18-13-8-12(5-6-14(13)19)20-16(22)15(24-17(20)23)7-10-1-3-11(9-21)4-2-10/h1-9H/b15-7-. The molecule has 1 amide bonds. The van der Waals surface area contributed by atoms with Gasteiger partial charge in [0.2, 0.25) is 0 Å². The summed E-state index contributed by atoms with van der Waals surface area (Å²) in [4.78, 5) is 25.0. The van der Waals surface area contributed by atoms with Crippen LogP contribution in [0.5, 0.6) is 0 Å². The Morgan fingerprint density at radius 3 is 2.42 bits per heavy atom. The lowest BCUT2D eigenvalue weighted by Gasteiger charge is -2.14. The highest BCUT2D eigenvalue weighted by Gasteiger charge is 2.33. The third-order valence-electron chi connectivity index (χ3n) is 3.33. The van der Waals surface area contributed by atoms with Crippen molar-refractivity contribution >= 4 is 63.9 Å². The van der Waals surface area contributed by atoms with E-state index in [1.807, 2.05) is 0 Å². The lowest BCUT2D eigenvalue weighted by molar-refractivity contribution is -0.113. The molecule has 1 aliphatic heterocycles. The molecule has 1 fully saturated rings. The predicted molar refractivity (Wildman–Crippen MR) is 98.9 cm³/mol. The Kier molecular flexibility index (Phi) is 4.80. The van der Waals surface area contributed by atoms with E-state index < -0.39 is 5.82 Å². The van der Waals surface area contributed by atoms with Crippen LogP contribution in [0.4, 0.5) is 10.1 Å². The molecule has 0 atom stereocenters. The fraction of sp³-hybridized carbons (Fsp3) is 0. The number of rotatable bonds is 3. The Morgan fingerprint density at radius 1 is 1.12 bits per heavy atom. The molecule has 0 bridgehead atoms. The maximum Gasteiger partial charge on any atom is 0.270 e. The van der Waals surface area contributed by atoms with Crippen molar-refractivity contribution in [1.82, 2.24) is 0 Å². The van der Waals surface area contributed by atoms with E-state index in [0.717, 1.165) is 23.6 Å². The van der Waals surface area contributed by atoms with Gasteiger partial charge in [-0.25, -0.2) is 4.39 Å². The molecule has 2 aromatic carbocycles. The molecule has 0 radical (unpaired) electrons. The fourth-order valence-corrected chi connectivity index (χ4v) is 3.61. The van der Waals surface area contributed by atoms with E-state index in [9.17, 15) is 14.0 Å². The molecule has 7 heteroatoms. The average molecular weight is 378 g/mol. The zero-order chi connectivity index (χ0) is 17.3. The van der Waals surface area contributed by atoms with Crippen molar-refractivity contribution in [3.8, 4) is 0 Å². The number of amides is 1. The topological polar surface area (TPSA) is 37.4 Å². The van der Waals surface area contributed by atoms with E-state index in [2.05, 4.69) is 0 Å². The molecule has 0 unspecified atom stereocenters. The van der Waals surface area contributed by atoms with Crippen LogP contribution in [-0.2, 0) is 4.79 Å². The number of carbonyl (C=O) groups is 2. The second-order valence-corrected chi connectivity index (χ2v) is 6.98. The Balaban J connectivity index is 1.91. The highest BCUT2D eigenvalue weighted by atomic mass is 35.5. The van der Waals surface area contributed by atoms with E-state index in [1.165, 1.54) is 23.1 Å². The second-order valence-electron chi connectivity index (χ2n) is 4.90. The summed E-state index contributed by atoms with van der Waals surface area (Å²) < 4.78 is 13.6. The van der Waals surface area contributed by atoms with Crippen molar-refractivity contribution in [2.24, 2.45) is 0 Å². The smallest absolute Gasteiger partial charge is 0.270 e. The minimum atomic E-state index is -0.559. The van der Waals surface area contributed by atoms with E-state index in [1.54, 1.807) is 30.3 Å². The number of hydrogen-bond donors (Lipinski definition) is 0. The first-order chi connectivity index (χ1) is 11.5. The Labute approximate surface area is 152 Å². The average Bonchev–Trinajstić information content (AvgIpc) is 2.85. The quantitative estimate of drug-likeness (QED) is 0.441. The van der Waals surface area contributed by atoms with Gasteiger partial charge in [-0.15, -0.1) is 0 Å². The van der Waals surface area contributed by atoms with Crippen LogP contribution in [0.25, 0.3) is 6.08 Å². The second kappa shape index (κ2) is 6.84. The number of anilines is 1. The summed E-state index contributed by atoms with van der Waals surface area (Å²) in [5, 5.41) is -0.0741. The predicted octanol–water partition coefficient (Wildman–Crippen LogP) is 4.70. The van der Waals surface area contributed by atoms with Gasteiger partial charge in [0.15, 0.2) is 4.32 Å². The first kappa shape index (κ1) is 16.8. The molecule has 1 aliphatic rings. The molecule has 0 spiro atoms. The van der Waals surface area contributed by atoms with Gasteiger partial charge in [0.25, 0.3) is 5.91 Å². The first-order valence-corrected chi connectivity index (χ1v) is 8.38. The molecule has 120 valence electrons. The lowest BCUT2D eigenvalue weighted by Crippen LogP contribution is -2.27. The minimum Gasteiger partial charge on any atom is -0.298 e. The number of carbonyl (C=O) groups excluding carboxylic acids is 2. The van der Waals surface area contributed by atoms with Gasteiger partial charge in [-0.05, 0) is 29.8 Å². The van der Waals surface area contributed by atoms with Gasteiger partial charge in [-0.2, -0.15) is 0 Å². The van der Waals surface area contributed by atoms with Gasteiger partial charge < -0.3 is 0 Å². The summed E-state index contributed by atoms with van der Waals surface area (Å²) in [6, 6.07) is 10.8. The van der Waals surface area contributed by atoms with Crippen LogP contribution in [0.15, 0.2) is 47.4 Å². The van der Waals surface area contributed by atoms with Crippen LogP contribution in [-0.4, -0.2) is 16.5 Å². The fourth-order valence-electron chi connectivity index (χ4n) is 2.14. The zero-order valence-electron chi connectivity index (χ0n) is 12.0. The Morgan fingerprint density at radius 2 is 1.79 bits per heavy atom. The summed E-state index contributed by atoms with van der Waals surface area (Å²) >= 11 is 12.2. The van der Waals surface area contributed by atoms with Gasteiger partial charge in [0.1, 0.15) is 12.1 Å². The number of nitrogens with zero attached hydrogens (tertiary/aromatic N) is 1. The van der Waals surface area contributed by atoms with Gasteiger partial charge >= 0.3 is 0 Å². The van der Waals surface area contributed by atoms with Gasteiger partial charge in [0, 0.05) is 5.56 Å². The number of thioether (sulfide) groups is 1. The molecule has 2 aromatic rings. The summed E-state index contributed by atoms with van der Waals surface area (Å²) in [7, 11) is 0. The van der Waals surface area contributed by atoms with E-state index in [-0.39, 0.29) is 10.9 Å². The van der Waals surface area contributed by atoms with Crippen LogP contribution in [0.3, 0.4) is 0 Å². The molecule has 0 aliphatic carbocycles. The number of halogens is 2. The van der Waals surface area contributed by atoms with Gasteiger partial charge in [0.05, 0.1) is 15.6 Å². The molecule has 3 rings (SSSR count). The molecule has 0 aromatic heterocycles. The number of thiocarbonyl (C=S) groups is 1. The molecule has 3 nitrogen and oxygen atoms in total. The molecular weight excluding hydrogens is 369 g/mol. The molecule has 0 N–H and O–H groups in total. The van der Waals surface area contributed by atoms with Crippen molar-refractivity contribution in [2.75, 3.05) is 4.90 Å². The summed E-state index contributed by atoms with van der Waals surface area (Å²) in [6.07, 6.45) is 2.44. The molecule has 1 saturated heterocycles. The Hall–Kier alpha value is -2.02. The van der Waals surface area contributed by atoms with Crippen molar-refractivity contribution in [3.63, 3.8) is 0 Å². The maximum atomic E-state index is 13.3. The number of hydrogen-bond acceptors (Lipinski definition) is 4. The van der Waals surface area contributed by atoms with Crippen LogP contribution in [0, 0.1) is 5.82 Å². The zero-order valence-corrected chi connectivity index (χ0v) is 14.4. The third-order valence-corrected chi connectivity index (χ3v) is 4.92. The lowest BCUT2D eigenvalue weighted by atomic mass is 10.1. The largest absolute Gasteiger partial charge is 0.298 e. The third kappa shape index (κ3) is 3.26. The van der Waals surface area contributed by atoms with Crippen molar-refractivity contribution in [2.45, 2.75) is 0 Å². The first-order valence-electron chi connectivity index (χ1n) is 6.78. The summed E-state index contributed by atoms with van der Waals surface area (Å²) in [5.74, 6) is -0.858. The van der Waals surface area contributed by atoms with E-state index in [0.29, 0.717) is 20.5 Å².